The van der Waals surface area contributed by atoms with E-state index in [0.29, 0.717) is 35.6 Å². The fourth-order valence-corrected chi connectivity index (χ4v) is 7.53. The van der Waals surface area contributed by atoms with Crippen LogP contribution in [0.4, 0.5) is 0 Å². The summed E-state index contributed by atoms with van der Waals surface area (Å²) in [7, 11) is 1.39. The molecule has 7 rings (SSSR count). The number of thioether (sulfide) groups is 1. The number of furan rings is 1. The number of carbonyl (C=O) groups excluding carboxylic acids is 1. The molecule has 0 N–H and O–H groups in total. The summed E-state index contributed by atoms with van der Waals surface area (Å²) >= 11 is 8.12. The van der Waals surface area contributed by atoms with Gasteiger partial charge < -0.3 is 18.5 Å². The Hall–Kier alpha value is -4.46. The minimum absolute atomic E-state index is 0.109. The van der Waals surface area contributed by atoms with Gasteiger partial charge in [-0.3, -0.25) is 9.78 Å². The molecule has 0 spiro atoms. The Labute approximate surface area is 277 Å². The smallest absolute Gasteiger partial charge is 0.313 e. The number of aromatic nitrogens is 2. The maximum Gasteiger partial charge on any atom is 0.313 e. The third-order valence-corrected chi connectivity index (χ3v) is 9.83. The van der Waals surface area contributed by atoms with Crippen LogP contribution in [0.5, 0.6) is 5.75 Å². The summed E-state index contributed by atoms with van der Waals surface area (Å²) < 4.78 is 19.8. The third-order valence-electron chi connectivity index (χ3n) is 8.33. The highest BCUT2D eigenvalue weighted by atomic mass is 35.5. The van der Waals surface area contributed by atoms with E-state index >= 15 is 0 Å². The van der Waals surface area contributed by atoms with Crippen molar-refractivity contribution in [3.63, 3.8) is 0 Å². The van der Waals surface area contributed by atoms with Crippen molar-refractivity contribution in [3.05, 3.63) is 136 Å². The van der Waals surface area contributed by atoms with E-state index in [9.17, 15) is 4.79 Å². The van der Waals surface area contributed by atoms with Crippen LogP contribution < -0.4 is 4.74 Å². The summed E-state index contributed by atoms with van der Waals surface area (Å²) in [5.41, 5.74) is 7.83. The Morgan fingerprint density at radius 3 is 2.54 bits per heavy atom. The lowest BCUT2D eigenvalue weighted by atomic mass is 10.0. The van der Waals surface area contributed by atoms with Gasteiger partial charge in [-0.1, -0.05) is 67.1 Å². The molecule has 6 nitrogen and oxygen atoms in total. The minimum Gasteiger partial charge on any atom is -0.487 e. The molecule has 1 aliphatic rings. The molecule has 4 heterocycles. The number of carbonyl (C=O) groups is 1. The number of hydrogen-bond acceptors (Lipinski definition) is 6. The fourth-order valence-electron chi connectivity index (χ4n) is 6.09. The second-order valence-electron chi connectivity index (χ2n) is 11.5. The van der Waals surface area contributed by atoms with Crippen LogP contribution in [0, 0.1) is 0 Å². The lowest BCUT2D eigenvalue weighted by Crippen LogP contribution is -2.10. The van der Waals surface area contributed by atoms with E-state index in [2.05, 4.69) is 54.0 Å². The van der Waals surface area contributed by atoms with Gasteiger partial charge in [0.05, 0.1) is 18.3 Å². The number of esters is 1. The van der Waals surface area contributed by atoms with Crippen molar-refractivity contribution in [1.82, 2.24) is 9.55 Å². The second kappa shape index (κ2) is 13.1. The molecule has 6 aromatic rings. The number of halogens is 1. The van der Waals surface area contributed by atoms with Gasteiger partial charge in [0.2, 0.25) is 0 Å². The van der Waals surface area contributed by atoms with Gasteiger partial charge in [0.15, 0.2) is 0 Å². The van der Waals surface area contributed by atoms with Crippen LogP contribution in [0.25, 0.3) is 22.0 Å². The first-order valence-corrected chi connectivity index (χ1v) is 16.6. The van der Waals surface area contributed by atoms with Crippen molar-refractivity contribution in [2.75, 3.05) is 7.11 Å². The first-order valence-electron chi connectivity index (χ1n) is 15.3. The molecule has 1 aliphatic heterocycles. The highest BCUT2D eigenvalue weighted by Gasteiger charge is 2.29. The molecule has 0 saturated carbocycles. The lowest BCUT2D eigenvalue weighted by molar-refractivity contribution is -0.140. The van der Waals surface area contributed by atoms with Crippen LogP contribution in [0.1, 0.15) is 41.0 Å². The van der Waals surface area contributed by atoms with E-state index in [-0.39, 0.29) is 12.4 Å². The summed E-state index contributed by atoms with van der Waals surface area (Å²) in [6, 6.07) is 30.5. The summed E-state index contributed by atoms with van der Waals surface area (Å²) in [4.78, 5) is 17.8. The molecule has 8 heteroatoms. The molecular weight excluding hydrogens is 616 g/mol. The maximum absolute atomic E-state index is 11.9. The predicted molar refractivity (Wildman–Crippen MR) is 183 cm³/mol. The summed E-state index contributed by atoms with van der Waals surface area (Å²) in [6.45, 7) is 3.34. The number of ether oxygens (including phenoxy) is 2. The Bertz CT molecular complexity index is 2000. The Morgan fingerprint density at radius 1 is 0.978 bits per heavy atom. The van der Waals surface area contributed by atoms with Crippen molar-refractivity contribution >= 4 is 40.2 Å². The molecular formula is C38H33ClN2O4S. The van der Waals surface area contributed by atoms with Gasteiger partial charge in [0.25, 0.3) is 0 Å². The Balaban J connectivity index is 1.24. The number of nitrogens with zero attached hydrogens (tertiary/aromatic N) is 2. The Morgan fingerprint density at radius 2 is 1.78 bits per heavy atom. The normalized spacial score (nSPS) is 14.0. The van der Waals surface area contributed by atoms with Crippen LogP contribution >= 0.6 is 23.4 Å². The highest BCUT2D eigenvalue weighted by Crippen LogP contribution is 2.47. The number of rotatable bonds is 10. The van der Waals surface area contributed by atoms with Gasteiger partial charge in [0.1, 0.15) is 30.3 Å². The van der Waals surface area contributed by atoms with Gasteiger partial charge in [-0.15, -0.1) is 11.8 Å². The molecule has 0 aliphatic carbocycles. The van der Waals surface area contributed by atoms with Crippen LogP contribution in [-0.2, 0) is 41.9 Å². The van der Waals surface area contributed by atoms with E-state index in [4.69, 9.17) is 30.5 Å². The number of hydrogen-bond donors (Lipinski definition) is 0. The van der Waals surface area contributed by atoms with Crippen LogP contribution in [0.3, 0.4) is 0 Å². The summed E-state index contributed by atoms with van der Waals surface area (Å²) in [5.74, 6) is 1.97. The van der Waals surface area contributed by atoms with Crippen LogP contribution in [-0.4, -0.2) is 27.9 Å². The third kappa shape index (κ3) is 6.30. The van der Waals surface area contributed by atoms with E-state index in [1.165, 1.54) is 28.6 Å². The minimum atomic E-state index is -0.322. The number of pyridine rings is 1. The molecule has 232 valence electrons. The SMILES string of the molecule is COC(=O)Cc1ccc(Cc2c3c4c(c(OCc5ccc(-c6ccccc6)cn5)ccc4n2Cc2ccc(Cl)cc2)CC(C)S3)o1. The number of benzene rings is 3. The largest absolute Gasteiger partial charge is 0.487 e. The Kier molecular flexibility index (Phi) is 8.61. The molecule has 3 aromatic carbocycles. The zero-order valence-electron chi connectivity index (χ0n) is 25.7. The van der Waals surface area contributed by atoms with Gasteiger partial charge >= 0.3 is 5.97 Å². The maximum atomic E-state index is 11.9. The summed E-state index contributed by atoms with van der Waals surface area (Å²) in [6.07, 6.45) is 3.51. The predicted octanol–water partition coefficient (Wildman–Crippen LogP) is 8.92. The molecule has 1 atom stereocenters. The van der Waals surface area contributed by atoms with Crippen LogP contribution in [0.2, 0.25) is 5.02 Å². The van der Waals surface area contributed by atoms with Gasteiger partial charge in [-0.25, -0.2) is 0 Å². The lowest BCUT2D eigenvalue weighted by Gasteiger charge is -2.22. The van der Waals surface area contributed by atoms with E-state index in [1.54, 1.807) is 0 Å². The molecule has 1 unspecified atom stereocenters. The molecule has 0 saturated heterocycles. The number of methoxy groups -OCH3 is 1. The molecule has 0 fully saturated rings. The first kappa shape index (κ1) is 30.2. The first-order chi connectivity index (χ1) is 22.4. The topological polar surface area (TPSA) is 66.5 Å². The molecule has 3 aromatic heterocycles. The van der Waals surface area contributed by atoms with Crippen molar-refractivity contribution in [2.24, 2.45) is 0 Å². The van der Waals surface area contributed by atoms with Crippen molar-refractivity contribution in [3.8, 4) is 16.9 Å². The zero-order chi connectivity index (χ0) is 31.6. The summed E-state index contributed by atoms with van der Waals surface area (Å²) in [5, 5.41) is 2.31. The van der Waals surface area contributed by atoms with Gasteiger partial charge in [0, 0.05) is 56.5 Å². The zero-order valence-corrected chi connectivity index (χ0v) is 27.2. The van der Waals surface area contributed by atoms with Gasteiger partial charge in [-0.2, -0.15) is 0 Å². The van der Waals surface area contributed by atoms with Crippen molar-refractivity contribution in [1.29, 1.82) is 0 Å². The molecule has 0 amide bonds. The molecule has 46 heavy (non-hydrogen) atoms. The highest BCUT2D eigenvalue weighted by molar-refractivity contribution is 8.00. The molecule has 0 radical (unpaired) electrons. The monoisotopic (exact) mass is 648 g/mol. The second-order valence-corrected chi connectivity index (χ2v) is 13.4. The van der Waals surface area contributed by atoms with E-state index < -0.39 is 0 Å². The van der Waals surface area contributed by atoms with Crippen molar-refractivity contribution in [2.45, 2.75) is 49.5 Å². The quantitative estimate of drug-likeness (QED) is 0.138. The standard InChI is InChI=1S/C38H33ClN2O4S/c1-24-18-32-35(44-23-29-13-10-27(21-40-29)26-6-4-3-5-7-26)17-16-33-37(32)38(46-24)34(41(33)22-25-8-11-28(39)12-9-25)19-30-14-15-31(45-30)20-36(42)43-2/h3-17,21,24H,18-20,22-23H2,1-2H3. The average Bonchev–Trinajstić information content (AvgIpc) is 3.64. The molecule has 0 bridgehead atoms. The van der Waals surface area contributed by atoms with Gasteiger partial charge in [-0.05, 0) is 60.0 Å². The van der Waals surface area contributed by atoms with Crippen LogP contribution in [0.15, 0.2) is 107 Å². The van der Waals surface area contributed by atoms with Crippen molar-refractivity contribution < 1.29 is 18.7 Å². The fraction of sp³-hybridized carbons (Fsp3) is 0.211. The average molecular weight is 649 g/mol. The van der Waals surface area contributed by atoms with E-state index in [1.807, 2.05) is 66.5 Å². The van der Waals surface area contributed by atoms with E-state index in [0.717, 1.165) is 45.8 Å².